The van der Waals surface area contributed by atoms with Gasteiger partial charge in [0.15, 0.2) is 5.78 Å². The Bertz CT molecular complexity index is 432. The molecule has 3 atom stereocenters. The molecule has 2 aliphatic rings. The number of halogens is 2. The van der Waals surface area contributed by atoms with Gasteiger partial charge >= 0.3 is 0 Å². The van der Waals surface area contributed by atoms with Gasteiger partial charge in [-0.05, 0) is 42.4 Å². The lowest BCUT2D eigenvalue weighted by atomic mass is 10.0. The lowest BCUT2D eigenvalue weighted by molar-refractivity contribution is -0.120. The van der Waals surface area contributed by atoms with E-state index in [9.17, 15) is 9.18 Å². The van der Waals surface area contributed by atoms with Crippen LogP contribution in [0.2, 0.25) is 0 Å². The molecule has 2 aliphatic carbocycles. The average molecular weight is 253 g/mol. The Kier molecular flexibility index (Phi) is 2.70. The van der Waals surface area contributed by atoms with Crippen LogP contribution < -0.4 is 0 Å². The maximum atomic E-state index is 12.8. The molecule has 0 saturated heterocycles. The van der Waals surface area contributed by atoms with Gasteiger partial charge in [0.2, 0.25) is 0 Å². The second-order valence-electron chi connectivity index (χ2n) is 5.10. The first-order valence-corrected chi connectivity index (χ1v) is 6.55. The zero-order valence-electron chi connectivity index (χ0n) is 9.40. The second-order valence-corrected chi connectivity index (χ2v) is 5.54. The van der Waals surface area contributed by atoms with Gasteiger partial charge in [-0.1, -0.05) is 18.6 Å². The Morgan fingerprint density at radius 3 is 2.41 bits per heavy atom. The van der Waals surface area contributed by atoms with Crippen molar-refractivity contribution in [2.45, 2.75) is 24.6 Å². The van der Waals surface area contributed by atoms with Crippen LogP contribution in [0.3, 0.4) is 0 Å². The van der Waals surface area contributed by atoms with E-state index < -0.39 is 5.38 Å². The molecule has 1 aromatic rings. The summed E-state index contributed by atoms with van der Waals surface area (Å²) in [6.07, 6.45) is 3.60. The zero-order chi connectivity index (χ0) is 12.0. The summed E-state index contributed by atoms with van der Waals surface area (Å²) in [5.74, 6) is 1.19. The van der Waals surface area contributed by atoms with Crippen molar-refractivity contribution < 1.29 is 9.18 Å². The fourth-order valence-corrected chi connectivity index (χ4v) is 3.50. The molecular weight excluding hydrogens is 239 g/mol. The smallest absolute Gasteiger partial charge is 0.158 e. The largest absolute Gasteiger partial charge is 0.297 e. The van der Waals surface area contributed by atoms with Crippen LogP contribution in [-0.4, -0.2) is 5.78 Å². The van der Waals surface area contributed by atoms with Crippen LogP contribution >= 0.6 is 11.6 Å². The fourth-order valence-electron chi connectivity index (χ4n) is 3.21. The quantitative estimate of drug-likeness (QED) is 0.750. The minimum atomic E-state index is -0.605. The van der Waals surface area contributed by atoms with Crippen LogP contribution in [0.5, 0.6) is 0 Å². The zero-order valence-corrected chi connectivity index (χ0v) is 10.2. The molecule has 0 bridgehead atoms. The molecule has 1 aromatic carbocycles. The number of carbonyl (C=O) groups is 1. The Morgan fingerprint density at radius 1 is 1.24 bits per heavy atom. The van der Waals surface area contributed by atoms with E-state index in [0.29, 0.717) is 17.4 Å². The maximum Gasteiger partial charge on any atom is 0.158 e. The van der Waals surface area contributed by atoms with Crippen molar-refractivity contribution in [3.63, 3.8) is 0 Å². The van der Waals surface area contributed by atoms with Crippen LogP contribution in [0.1, 0.15) is 30.2 Å². The van der Waals surface area contributed by atoms with Gasteiger partial charge < -0.3 is 0 Å². The number of benzene rings is 1. The Hall–Kier alpha value is -0.890. The number of hydrogen-bond donors (Lipinski definition) is 0. The summed E-state index contributed by atoms with van der Waals surface area (Å²) in [6.45, 7) is 0. The van der Waals surface area contributed by atoms with E-state index in [1.807, 2.05) is 0 Å². The summed E-state index contributed by atoms with van der Waals surface area (Å²) in [7, 11) is 0. The number of rotatable bonds is 3. The van der Waals surface area contributed by atoms with Crippen LogP contribution in [0.15, 0.2) is 24.3 Å². The first kappa shape index (κ1) is 11.2. The molecular formula is C14H14ClFO. The van der Waals surface area contributed by atoms with Crippen LogP contribution in [0, 0.1) is 23.6 Å². The number of ketones is 1. The minimum absolute atomic E-state index is 0.132. The third kappa shape index (κ3) is 1.89. The topological polar surface area (TPSA) is 17.1 Å². The Morgan fingerprint density at radius 2 is 1.82 bits per heavy atom. The van der Waals surface area contributed by atoms with Gasteiger partial charge in [-0.3, -0.25) is 4.79 Å². The predicted molar refractivity (Wildman–Crippen MR) is 64.3 cm³/mol. The summed E-state index contributed by atoms with van der Waals surface area (Å²) in [5.41, 5.74) is 0.711. The molecule has 2 saturated carbocycles. The standard InChI is InChI=1S/C14H14ClFO/c15-13(8-4-6-9(16)7-5-8)14(17)12-10-2-1-3-11(10)12/h4-7,10-13H,1-3H2. The molecule has 0 aliphatic heterocycles. The predicted octanol–water partition coefficient (Wildman–Crippen LogP) is 3.72. The van der Waals surface area contributed by atoms with Gasteiger partial charge in [0.25, 0.3) is 0 Å². The van der Waals surface area contributed by atoms with Crippen LogP contribution in [0.25, 0.3) is 0 Å². The van der Waals surface area contributed by atoms with Crippen molar-refractivity contribution in [1.82, 2.24) is 0 Å². The van der Waals surface area contributed by atoms with Gasteiger partial charge in [-0.15, -0.1) is 11.6 Å². The second kappa shape index (κ2) is 4.09. The molecule has 2 fully saturated rings. The first-order valence-electron chi connectivity index (χ1n) is 6.12. The van der Waals surface area contributed by atoms with E-state index in [-0.39, 0.29) is 17.5 Å². The molecule has 3 rings (SSSR count). The van der Waals surface area contributed by atoms with Crippen molar-refractivity contribution in [3.8, 4) is 0 Å². The molecule has 0 spiro atoms. The lowest BCUT2D eigenvalue weighted by Gasteiger charge is -2.10. The highest BCUT2D eigenvalue weighted by Gasteiger charge is 2.57. The molecule has 0 heterocycles. The molecule has 17 heavy (non-hydrogen) atoms. The van der Waals surface area contributed by atoms with Gasteiger partial charge in [-0.25, -0.2) is 4.39 Å². The number of Topliss-reactive ketones (excluding diaryl/α,β-unsaturated/α-hetero) is 1. The van der Waals surface area contributed by atoms with Crippen LogP contribution in [-0.2, 0) is 4.79 Å². The normalized spacial score (nSPS) is 32.0. The molecule has 3 heteroatoms. The number of alkyl halides is 1. The molecule has 1 nitrogen and oxygen atoms in total. The van der Waals surface area contributed by atoms with E-state index in [2.05, 4.69) is 0 Å². The van der Waals surface area contributed by atoms with Gasteiger partial charge in [-0.2, -0.15) is 0 Å². The molecule has 0 amide bonds. The molecule has 3 unspecified atom stereocenters. The van der Waals surface area contributed by atoms with Crippen molar-refractivity contribution >= 4 is 17.4 Å². The Labute approximate surface area is 105 Å². The summed E-state index contributed by atoms with van der Waals surface area (Å²) in [4.78, 5) is 12.2. The van der Waals surface area contributed by atoms with Gasteiger partial charge in [0.1, 0.15) is 11.2 Å². The van der Waals surface area contributed by atoms with Gasteiger partial charge in [0, 0.05) is 5.92 Å². The summed E-state index contributed by atoms with van der Waals surface area (Å²) < 4.78 is 12.8. The summed E-state index contributed by atoms with van der Waals surface area (Å²) >= 11 is 6.18. The maximum absolute atomic E-state index is 12.8. The summed E-state index contributed by atoms with van der Waals surface area (Å²) in [5, 5.41) is -0.605. The van der Waals surface area contributed by atoms with Crippen molar-refractivity contribution in [1.29, 1.82) is 0 Å². The average Bonchev–Trinajstić information content (AvgIpc) is 2.81. The third-order valence-corrected chi connectivity index (χ3v) is 4.61. The van der Waals surface area contributed by atoms with Crippen molar-refractivity contribution in [2.24, 2.45) is 17.8 Å². The number of carbonyl (C=O) groups excluding carboxylic acids is 1. The highest BCUT2D eigenvalue weighted by Crippen LogP contribution is 2.59. The van der Waals surface area contributed by atoms with E-state index in [1.54, 1.807) is 12.1 Å². The highest BCUT2D eigenvalue weighted by molar-refractivity contribution is 6.31. The minimum Gasteiger partial charge on any atom is -0.297 e. The lowest BCUT2D eigenvalue weighted by Crippen LogP contribution is -2.12. The number of fused-ring (bicyclic) bond motifs is 1. The fraction of sp³-hybridized carbons (Fsp3) is 0.500. The van der Waals surface area contributed by atoms with E-state index in [0.717, 1.165) is 0 Å². The van der Waals surface area contributed by atoms with E-state index in [4.69, 9.17) is 11.6 Å². The SMILES string of the molecule is O=C(C(Cl)c1ccc(F)cc1)C1C2CCCC21. The molecule has 90 valence electrons. The van der Waals surface area contributed by atoms with Gasteiger partial charge in [0.05, 0.1) is 0 Å². The van der Waals surface area contributed by atoms with Crippen LogP contribution in [0.4, 0.5) is 4.39 Å². The molecule has 0 aromatic heterocycles. The molecule has 0 N–H and O–H groups in total. The van der Waals surface area contributed by atoms with Crippen molar-refractivity contribution in [3.05, 3.63) is 35.6 Å². The Balaban J connectivity index is 1.72. The highest BCUT2D eigenvalue weighted by atomic mass is 35.5. The van der Waals surface area contributed by atoms with E-state index in [1.165, 1.54) is 31.4 Å². The van der Waals surface area contributed by atoms with E-state index >= 15 is 0 Å². The van der Waals surface area contributed by atoms with Crippen molar-refractivity contribution in [2.75, 3.05) is 0 Å². The molecule has 0 radical (unpaired) electrons. The monoisotopic (exact) mass is 252 g/mol. The first-order chi connectivity index (χ1) is 8.18. The third-order valence-electron chi connectivity index (χ3n) is 4.15. The summed E-state index contributed by atoms with van der Waals surface area (Å²) in [6, 6.07) is 5.91. The number of hydrogen-bond acceptors (Lipinski definition) is 1.